The minimum absolute atomic E-state index is 0.0114. The van der Waals surface area contributed by atoms with Gasteiger partial charge in [0.25, 0.3) is 5.91 Å². The van der Waals surface area contributed by atoms with Crippen LogP contribution in [0.1, 0.15) is 86.6 Å². The number of unbranched alkanes of at least 4 members (excludes halogenated alkanes) is 1. The zero-order valence-electron chi connectivity index (χ0n) is 40.7. The van der Waals surface area contributed by atoms with Crippen molar-refractivity contribution in [1.29, 1.82) is 0 Å². The van der Waals surface area contributed by atoms with E-state index in [0.717, 1.165) is 58.9 Å². The molecule has 0 radical (unpaired) electrons. The number of rotatable bonds is 17. The minimum Gasteiger partial charge on any atom is -0.508 e. The van der Waals surface area contributed by atoms with E-state index >= 15 is 0 Å². The average molecular weight is 1010 g/mol. The SMILES string of the molecule is Cc1ncsc1-c1ccc([C@H](C)NC(=O)[C@@H]2C[C@@H](O)CN2C(=O)[C@@H](NC(=O)CCCCOc2ccc(/C=N/NC(=O)c3cccc(-c4c(-c5ccc(O)cc5)sc5cc(O)ccc45)c3)cc2)C(C)(C)C)cc1. The normalized spacial score (nSPS) is 15.6. The molecule has 8 rings (SSSR count). The van der Waals surface area contributed by atoms with Crippen LogP contribution in [0.3, 0.4) is 0 Å². The number of aromatic hydroxyl groups is 2. The quantitative estimate of drug-likeness (QED) is 0.0292. The van der Waals surface area contributed by atoms with Crippen molar-refractivity contribution in [3.63, 3.8) is 0 Å². The zero-order valence-corrected chi connectivity index (χ0v) is 42.4. The summed E-state index contributed by atoms with van der Waals surface area (Å²) in [7, 11) is 0. The number of carbonyl (C=O) groups is 4. The molecule has 1 aliphatic rings. The number of β-amino-alcohol motifs (C(OH)–C–C–N with tert-alkyl or cyclic N) is 1. The number of ether oxygens (including phenoxy) is 1. The van der Waals surface area contributed by atoms with E-state index in [1.165, 1.54) is 22.5 Å². The summed E-state index contributed by atoms with van der Waals surface area (Å²) in [6.07, 6.45) is 2.01. The number of hydrazone groups is 1. The van der Waals surface area contributed by atoms with Gasteiger partial charge in [0, 0.05) is 45.5 Å². The summed E-state index contributed by atoms with van der Waals surface area (Å²) in [6.45, 7) is 9.77. The van der Waals surface area contributed by atoms with Gasteiger partial charge in [-0.1, -0.05) is 57.2 Å². The van der Waals surface area contributed by atoms with Crippen molar-refractivity contribution in [3.05, 3.63) is 143 Å². The number of phenolic OH excluding ortho intramolecular Hbond substituents is 2. The third-order valence-electron chi connectivity index (χ3n) is 12.6. The third-order valence-corrected chi connectivity index (χ3v) is 14.8. The molecule has 1 fully saturated rings. The molecule has 1 aliphatic heterocycles. The van der Waals surface area contributed by atoms with Gasteiger partial charge < -0.3 is 35.6 Å². The van der Waals surface area contributed by atoms with Crippen LogP contribution < -0.4 is 20.8 Å². The Kier molecular flexibility index (Phi) is 15.8. The Morgan fingerprint density at radius 1 is 0.861 bits per heavy atom. The van der Waals surface area contributed by atoms with E-state index in [9.17, 15) is 34.5 Å². The number of thiazole rings is 1. The van der Waals surface area contributed by atoms with Crippen LogP contribution in [0.4, 0.5) is 0 Å². The van der Waals surface area contributed by atoms with Crippen LogP contribution in [0.2, 0.25) is 0 Å². The monoisotopic (exact) mass is 1010 g/mol. The number of thiophene rings is 1. The molecule has 5 aromatic carbocycles. The highest BCUT2D eigenvalue weighted by Crippen LogP contribution is 2.46. The molecular formula is C56H58N6O8S2. The molecule has 4 atom stereocenters. The number of aliphatic hydroxyl groups excluding tert-OH is 1. The molecule has 16 heteroatoms. The number of hydrogen-bond acceptors (Lipinski definition) is 12. The van der Waals surface area contributed by atoms with Gasteiger partial charge in [-0.3, -0.25) is 19.2 Å². The van der Waals surface area contributed by atoms with Crippen LogP contribution >= 0.6 is 22.7 Å². The number of carbonyl (C=O) groups excluding carboxylic acids is 4. The molecule has 3 heterocycles. The average Bonchev–Trinajstić information content (AvgIpc) is 4.09. The van der Waals surface area contributed by atoms with Crippen molar-refractivity contribution < 1.29 is 39.2 Å². The van der Waals surface area contributed by atoms with Crippen LogP contribution in [-0.2, 0) is 14.4 Å². The Balaban J connectivity index is 0.790. The maximum Gasteiger partial charge on any atom is 0.271 e. The van der Waals surface area contributed by atoms with Gasteiger partial charge in [-0.2, -0.15) is 5.10 Å². The van der Waals surface area contributed by atoms with E-state index in [1.807, 2.05) is 107 Å². The summed E-state index contributed by atoms with van der Waals surface area (Å²) in [4.78, 5) is 62.1. The van der Waals surface area contributed by atoms with Crippen molar-refractivity contribution in [2.24, 2.45) is 10.5 Å². The molecule has 1 saturated heterocycles. The molecule has 72 heavy (non-hydrogen) atoms. The van der Waals surface area contributed by atoms with Gasteiger partial charge in [0.05, 0.1) is 41.0 Å². The van der Waals surface area contributed by atoms with Gasteiger partial charge in [0.2, 0.25) is 17.7 Å². The molecule has 0 spiro atoms. The highest BCUT2D eigenvalue weighted by molar-refractivity contribution is 7.23. The van der Waals surface area contributed by atoms with Crippen molar-refractivity contribution in [1.82, 2.24) is 25.9 Å². The largest absolute Gasteiger partial charge is 0.508 e. The van der Waals surface area contributed by atoms with E-state index in [4.69, 9.17) is 4.74 Å². The highest BCUT2D eigenvalue weighted by atomic mass is 32.1. The number of aromatic nitrogens is 1. The molecule has 372 valence electrons. The first kappa shape index (κ1) is 51.0. The lowest BCUT2D eigenvalue weighted by molar-refractivity contribution is -0.144. The summed E-state index contributed by atoms with van der Waals surface area (Å²) in [5.74, 6) is -0.525. The van der Waals surface area contributed by atoms with Crippen LogP contribution in [0.15, 0.2) is 126 Å². The predicted octanol–water partition coefficient (Wildman–Crippen LogP) is 9.76. The smallest absolute Gasteiger partial charge is 0.271 e. The second kappa shape index (κ2) is 22.4. The first-order chi connectivity index (χ1) is 34.5. The molecule has 14 nitrogen and oxygen atoms in total. The van der Waals surface area contributed by atoms with Crippen molar-refractivity contribution in [2.45, 2.75) is 84.5 Å². The van der Waals surface area contributed by atoms with Crippen LogP contribution in [-0.4, -0.2) is 86.4 Å². The van der Waals surface area contributed by atoms with Gasteiger partial charge >= 0.3 is 0 Å². The standard InChI is InChI=1S/C56H58N6O8S2/c1-33(36-14-16-37(17-15-36)50-34(2)57-32-71-50)59-54(68)46-28-43(65)31-62(46)55(69)52(56(3,4)5)60-48(66)11-6-7-26-70-44-23-12-35(13-24-44)30-58-61-53(67)40-10-8-9-39(27-40)49-45-25-22-42(64)29-47(45)72-51(49)38-18-20-41(63)21-19-38/h8-10,12-25,27,29-30,32-33,43,46,52,63-65H,6-7,11,26,28,31H2,1-5H3,(H,59,68)(H,60,66)(H,61,67)/b58-30+/t33-,43+,46-,52+/m0/s1. The van der Waals surface area contributed by atoms with E-state index in [1.54, 1.807) is 59.9 Å². The van der Waals surface area contributed by atoms with Crippen molar-refractivity contribution >= 4 is 62.6 Å². The van der Waals surface area contributed by atoms with E-state index in [-0.39, 0.29) is 48.7 Å². The molecule has 0 saturated carbocycles. The number of nitrogens with zero attached hydrogens (tertiary/aromatic N) is 3. The number of aryl methyl sites for hydroxylation is 1. The number of likely N-dealkylation sites (tertiary alicyclic amines) is 1. The van der Waals surface area contributed by atoms with Crippen LogP contribution in [0.25, 0.3) is 42.1 Å². The zero-order chi connectivity index (χ0) is 51.1. The fraction of sp³-hybridized carbons (Fsp3) is 0.286. The first-order valence-corrected chi connectivity index (χ1v) is 25.5. The molecule has 6 N–H and O–H groups in total. The van der Waals surface area contributed by atoms with E-state index < -0.39 is 35.4 Å². The summed E-state index contributed by atoms with van der Waals surface area (Å²) in [6, 6.07) is 32.4. The lowest BCUT2D eigenvalue weighted by atomic mass is 9.85. The Morgan fingerprint density at radius 2 is 1.57 bits per heavy atom. The van der Waals surface area contributed by atoms with Gasteiger partial charge in [-0.05, 0) is 139 Å². The number of fused-ring (bicyclic) bond motifs is 1. The summed E-state index contributed by atoms with van der Waals surface area (Å²) in [5, 5.41) is 41.8. The number of nitrogens with one attached hydrogen (secondary N) is 3. The van der Waals surface area contributed by atoms with Gasteiger partial charge in [-0.15, -0.1) is 22.7 Å². The fourth-order valence-corrected chi connectivity index (χ4v) is 10.8. The molecule has 7 aromatic rings. The van der Waals surface area contributed by atoms with Gasteiger partial charge in [0.15, 0.2) is 0 Å². The minimum atomic E-state index is -0.926. The summed E-state index contributed by atoms with van der Waals surface area (Å²) in [5.41, 5.74) is 10.4. The second-order valence-electron chi connectivity index (χ2n) is 19.1. The number of hydrogen-bond donors (Lipinski definition) is 6. The van der Waals surface area contributed by atoms with Crippen molar-refractivity contribution in [3.8, 4) is 49.3 Å². The topological polar surface area (TPSA) is 203 Å². The number of benzene rings is 5. The Morgan fingerprint density at radius 3 is 2.28 bits per heavy atom. The van der Waals surface area contributed by atoms with E-state index in [0.29, 0.717) is 30.8 Å². The Bertz CT molecular complexity index is 3090. The highest BCUT2D eigenvalue weighted by Gasteiger charge is 2.44. The molecule has 2 aromatic heterocycles. The molecule has 4 amide bonds. The molecule has 0 unspecified atom stereocenters. The van der Waals surface area contributed by atoms with Crippen LogP contribution in [0, 0.1) is 12.3 Å². The second-order valence-corrected chi connectivity index (χ2v) is 21.0. The fourth-order valence-electron chi connectivity index (χ4n) is 8.71. The van der Waals surface area contributed by atoms with Gasteiger partial charge in [0.1, 0.15) is 29.3 Å². The van der Waals surface area contributed by atoms with E-state index in [2.05, 4.69) is 26.1 Å². The molecular weight excluding hydrogens is 949 g/mol. The van der Waals surface area contributed by atoms with Crippen LogP contribution in [0.5, 0.6) is 17.2 Å². The summed E-state index contributed by atoms with van der Waals surface area (Å²) >= 11 is 3.09. The molecule has 0 aliphatic carbocycles. The Labute approximate surface area is 426 Å². The maximum atomic E-state index is 14.1. The lowest BCUT2D eigenvalue weighted by Gasteiger charge is -2.35. The lowest BCUT2D eigenvalue weighted by Crippen LogP contribution is -2.57. The van der Waals surface area contributed by atoms with Crippen molar-refractivity contribution in [2.75, 3.05) is 13.2 Å². The molecule has 0 bridgehead atoms. The first-order valence-electron chi connectivity index (χ1n) is 23.8. The Hall–Kier alpha value is -7.40. The number of phenols is 2. The third kappa shape index (κ3) is 12.2. The van der Waals surface area contributed by atoms with Gasteiger partial charge in [-0.25, -0.2) is 10.4 Å². The number of amides is 4. The summed E-state index contributed by atoms with van der Waals surface area (Å²) < 4.78 is 6.82. The predicted molar refractivity (Wildman–Crippen MR) is 283 cm³/mol. The number of aliphatic hydroxyl groups is 1. The maximum absolute atomic E-state index is 14.1.